The molecule has 3 nitrogen and oxygen atoms in total. The van der Waals surface area contributed by atoms with Crippen molar-refractivity contribution >= 4 is 27.1 Å². The van der Waals surface area contributed by atoms with Gasteiger partial charge < -0.3 is 0 Å². The van der Waals surface area contributed by atoms with Gasteiger partial charge in [-0.1, -0.05) is 12.4 Å². The Balaban J connectivity index is 2.32. The van der Waals surface area contributed by atoms with Crippen LogP contribution in [0, 0.1) is 5.92 Å². The van der Waals surface area contributed by atoms with Gasteiger partial charge in [0.1, 0.15) is 5.82 Å². The van der Waals surface area contributed by atoms with E-state index in [4.69, 9.17) is 0 Å². The maximum absolute atomic E-state index is 4.62. The molecule has 0 spiro atoms. The third kappa shape index (κ3) is 2.75. The Labute approximate surface area is 106 Å². The van der Waals surface area contributed by atoms with Gasteiger partial charge in [-0.2, -0.15) is 5.10 Å². The van der Waals surface area contributed by atoms with Gasteiger partial charge in [-0.3, -0.25) is 0 Å². The number of hydrogen-bond donors (Lipinski definition) is 0. The summed E-state index contributed by atoms with van der Waals surface area (Å²) in [5.41, 5.74) is 2.26. The Morgan fingerprint density at radius 1 is 1.59 bits per heavy atom. The standard InChI is InChI=1S/C13H19N3S/c1-9-8-13(12-6-7-12)16(10(2)14-9)15-11(3)17(4)5/h8,12H,2,4,6-7H2,1,3,5H3/b15-11+. The van der Waals surface area contributed by atoms with Gasteiger partial charge in [0.2, 0.25) is 0 Å². The van der Waals surface area contributed by atoms with Crippen molar-refractivity contribution in [2.75, 3.05) is 6.26 Å². The Bertz CT molecular complexity index is 467. The molecular formula is C13H19N3S. The summed E-state index contributed by atoms with van der Waals surface area (Å²) in [6, 6.07) is 0. The Morgan fingerprint density at radius 3 is 2.76 bits per heavy atom. The zero-order valence-electron chi connectivity index (χ0n) is 10.7. The van der Waals surface area contributed by atoms with Crippen LogP contribution in [-0.2, 0) is 0 Å². The third-order valence-corrected chi connectivity index (χ3v) is 3.98. The molecule has 92 valence electrons. The van der Waals surface area contributed by atoms with Crippen molar-refractivity contribution in [1.82, 2.24) is 5.01 Å². The highest BCUT2D eigenvalue weighted by Gasteiger charge is 2.32. The monoisotopic (exact) mass is 249 g/mol. The first kappa shape index (κ1) is 12.3. The van der Waals surface area contributed by atoms with Crippen molar-refractivity contribution < 1.29 is 0 Å². The van der Waals surface area contributed by atoms with Crippen LogP contribution in [0.1, 0.15) is 26.7 Å². The first-order chi connectivity index (χ1) is 7.99. The summed E-state index contributed by atoms with van der Waals surface area (Å²) in [6.45, 7) is 8.01. The molecule has 0 bridgehead atoms. The summed E-state index contributed by atoms with van der Waals surface area (Å²) in [5.74, 6) is 5.37. The van der Waals surface area contributed by atoms with Gasteiger partial charge in [-0.05, 0) is 39.0 Å². The average molecular weight is 249 g/mol. The molecule has 1 aliphatic carbocycles. The first-order valence-electron chi connectivity index (χ1n) is 5.76. The van der Waals surface area contributed by atoms with Crippen LogP contribution in [0.4, 0.5) is 0 Å². The Kier molecular flexibility index (Phi) is 3.33. The van der Waals surface area contributed by atoms with Gasteiger partial charge in [0.25, 0.3) is 0 Å². The summed E-state index contributed by atoms with van der Waals surface area (Å²) >= 11 is 0. The van der Waals surface area contributed by atoms with E-state index < -0.39 is 0 Å². The normalized spacial score (nSPS) is 23.4. The molecule has 0 aromatic rings. The van der Waals surface area contributed by atoms with Crippen LogP contribution in [-0.4, -0.2) is 27.9 Å². The topological polar surface area (TPSA) is 28.0 Å². The molecule has 17 heavy (non-hydrogen) atoms. The molecule has 1 fully saturated rings. The van der Waals surface area contributed by atoms with Crippen molar-refractivity contribution in [2.24, 2.45) is 16.0 Å². The minimum absolute atomic E-state index is 0.0519. The van der Waals surface area contributed by atoms with E-state index in [1.54, 1.807) is 0 Å². The molecular weight excluding hydrogens is 230 g/mol. The summed E-state index contributed by atoms with van der Waals surface area (Å²) in [7, 11) is -0.0519. The molecule has 0 N–H and O–H groups in total. The van der Waals surface area contributed by atoms with Crippen molar-refractivity contribution in [1.29, 1.82) is 0 Å². The van der Waals surface area contributed by atoms with Crippen molar-refractivity contribution in [3.63, 3.8) is 0 Å². The summed E-state index contributed by atoms with van der Waals surface area (Å²) in [5, 5.41) is 7.55. The predicted octanol–water partition coefficient (Wildman–Crippen LogP) is 3.19. The molecule has 0 saturated heterocycles. The largest absolute Gasteiger partial charge is 0.235 e. The second kappa shape index (κ2) is 4.61. The van der Waals surface area contributed by atoms with E-state index in [1.165, 1.54) is 18.5 Å². The molecule has 0 amide bonds. The van der Waals surface area contributed by atoms with Gasteiger partial charge in [0.15, 0.2) is 0 Å². The van der Waals surface area contributed by atoms with E-state index in [-0.39, 0.29) is 10.5 Å². The van der Waals surface area contributed by atoms with Gasteiger partial charge in [0, 0.05) is 17.3 Å². The van der Waals surface area contributed by atoms with E-state index in [2.05, 4.69) is 34.9 Å². The predicted molar refractivity (Wildman–Crippen MR) is 78.6 cm³/mol. The lowest BCUT2D eigenvalue weighted by molar-refractivity contribution is 0.423. The summed E-state index contributed by atoms with van der Waals surface area (Å²) < 4.78 is 0. The maximum atomic E-state index is 4.62. The second-order valence-corrected chi connectivity index (χ2v) is 6.45. The van der Waals surface area contributed by atoms with Gasteiger partial charge in [0.05, 0.1) is 5.04 Å². The molecule has 1 atom stereocenters. The van der Waals surface area contributed by atoms with Crippen LogP contribution < -0.4 is 0 Å². The highest BCUT2D eigenvalue weighted by Crippen LogP contribution is 2.41. The Hall–Kier alpha value is -1.16. The number of rotatable bonds is 2. The van der Waals surface area contributed by atoms with Gasteiger partial charge >= 0.3 is 0 Å². The third-order valence-electron chi connectivity index (χ3n) is 2.89. The number of nitrogens with zero attached hydrogens (tertiary/aromatic N) is 3. The van der Waals surface area contributed by atoms with Crippen LogP contribution in [0.15, 0.2) is 34.3 Å². The number of hydrazone groups is 1. The molecule has 2 aliphatic rings. The molecule has 1 aliphatic heterocycles. The van der Waals surface area contributed by atoms with E-state index in [1.807, 2.05) is 18.9 Å². The number of allylic oxidation sites excluding steroid dienone is 2. The maximum Gasteiger partial charge on any atom is 0.146 e. The molecule has 1 saturated carbocycles. The first-order valence-corrected chi connectivity index (χ1v) is 7.56. The molecule has 1 unspecified atom stereocenters. The summed E-state index contributed by atoms with van der Waals surface area (Å²) in [6.07, 6.45) is 6.69. The lowest BCUT2D eigenvalue weighted by Crippen LogP contribution is -2.22. The van der Waals surface area contributed by atoms with E-state index in [0.29, 0.717) is 5.92 Å². The fraction of sp³-hybridized carbons (Fsp3) is 0.462. The van der Waals surface area contributed by atoms with E-state index in [0.717, 1.165) is 16.6 Å². The van der Waals surface area contributed by atoms with Crippen molar-refractivity contribution in [3.8, 4) is 0 Å². The summed E-state index contributed by atoms with van der Waals surface area (Å²) in [4.78, 5) is 4.38. The fourth-order valence-corrected chi connectivity index (χ4v) is 1.92. The molecule has 0 radical (unpaired) electrons. The SMILES string of the molecule is C=C1N=C(C)C=C(C2CC2)N1/N=C(\C)S(=C)C. The number of hydrogen-bond acceptors (Lipinski definition) is 3. The number of aliphatic imine (C=N–C) groups is 1. The minimum atomic E-state index is -0.0519. The molecule has 0 aromatic carbocycles. The molecule has 2 rings (SSSR count). The molecule has 4 heteroatoms. The van der Waals surface area contributed by atoms with E-state index in [9.17, 15) is 0 Å². The minimum Gasteiger partial charge on any atom is -0.235 e. The highest BCUT2D eigenvalue weighted by molar-refractivity contribution is 8.26. The molecule has 1 heterocycles. The lowest BCUT2D eigenvalue weighted by atomic mass is 10.2. The smallest absolute Gasteiger partial charge is 0.146 e. The lowest BCUT2D eigenvalue weighted by Gasteiger charge is -2.26. The average Bonchev–Trinajstić information content (AvgIpc) is 3.04. The van der Waals surface area contributed by atoms with Crippen molar-refractivity contribution in [2.45, 2.75) is 26.7 Å². The van der Waals surface area contributed by atoms with E-state index >= 15 is 0 Å². The van der Waals surface area contributed by atoms with Crippen LogP contribution in [0.2, 0.25) is 0 Å². The van der Waals surface area contributed by atoms with Crippen LogP contribution in [0.5, 0.6) is 0 Å². The van der Waals surface area contributed by atoms with Crippen molar-refractivity contribution in [3.05, 3.63) is 24.2 Å². The van der Waals surface area contributed by atoms with Gasteiger partial charge in [-0.15, -0.1) is 10.5 Å². The zero-order valence-corrected chi connectivity index (χ0v) is 11.5. The zero-order chi connectivity index (χ0) is 12.6. The fourth-order valence-electron chi connectivity index (χ4n) is 1.70. The van der Waals surface area contributed by atoms with Gasteiger partial charge in [-0.25, -0.2) is 10.0 Å². The van der Waals surface area contributed by atoms with Crippen LogP contribution in [0.3, 0.4) is 0 Å². The molecule has 0 aromatic heterocycles. The van der Waals surface area contributed by atoms with Crippen LogP contribution >= 0.6 is 10.5 Å². The quantitative estimate of drug-likeness (QED) is 0.419. The second-order valence-electron chi connectivity index (χ2n) is 4.58. The van der Waals surface area contributed by atoms with Crippen LogP contribution in [0.25, 0.3) is 0 Å². The Morgan fingerprint density at radius 2 is 2.24 bits per heavy atom. The highest BCUT2D eigenvalue weighted by atomic mass is 32.2.